The highest BCUT2D eigenvalue weighted by atomic mass is 15.1. The van der Waals surface area contributed by atoms with Crippen LogP contribution in [0.1, 0.15) is 11.1 Å². The zero-order chi connectivity index (χ0) is 38.9. The lowest BCUT2D eigenvalue weighted by atomic mass is 10.0. The highest BCUT2D eigenvalue weighted by Gasteiger charge is 2.14. The summed E-state index contributed by atoms with van der Waals surface area (Å²) in [6, 6.07) is 86.2. The molecule has 276 valence electrons. The predicted molar refractivity (Wildman–Crippen MR) is 247 cm³/mol. The lowest BCUT2D eigenvalue weighted by Gasteiger charge is -2.26. The van der Waals surface area contributed by atoms with Crippen molar-refractivity contribution in [2.24, 2.45) is 0 Å². The average Bonchev–Trinajstić information content (AvgIpc) is 3.31. The van der Waals surface area contributed by atoms with Crippen LogP contribution in [0.5, 0.6) is 0 Å². The molecule has 58 heavy (non-hydrogen) atoms. The van der Waals surface area contributed by atoms with Gasteiger partial charge in [-0.15, -0.1) is 0 Å². The zero-order valence-corrected chi connectivity index (χ0v) is 32.1. The topological polar surface area (TPSA) is 6.48 Å². The molecule has 0 bridgehead atoms. The van der Waals surface area contributed by atoms with E-state index < -0.39 is 0 Å². The highest BCUT2D eigenvalue weighted by molar-refractivity contribution is 5.82. The van der Waals surface area contributed by atoms with Crippen LogP contribution in [0.2, 0.25) is 0 Å². The Bertz CT molecular complexity index is 2570. The molecule has 0 radical (unpaired) electrons. The first-order chi connectivity index (χ1) is 28.7. The van der Waals surface area contributed by atoms with E-state index in [9.17, 15) is 0 Å². The number of rotatable bonds is 11. The van der Waals surface area contributed by atoms with Crippen LogP contribution in [-0.2, 0) is 0 Å². The van der Waals surface area contributed by atoms with Gasteiger partial charge in [0.15, 0.2) is 0 Å². The lowest BCUT2D eigenvalue weighted by Crippen LogP contribution is -2.09. The molecule has 0 amide bonds. The zero-order valence-electron chi connectivity index (χ0n) is 32.1. The monoisotopic (exact) mass is 742 g/mol. The molecule has 0 aliphatic rings. The quantitative estimate of drug-likeness (QED) is 0.122. The molecule has 0 aromatic heterocycles. The highest BCUT2D eigenvalue weighted by Crippen LogP contribution is 2.38. The van der Waals surface area contributed by atoms with E-state index in [4.69, 9.17) is 0 Å². The smallest absolute Gasteiger partial charge is 0.0462 e. The standard InChI is InChI=1S/C56H42N2/c1-5-13-45(14-6-1)48-29-37-55(38-30-48)58(56-39-31-49(32-40-56)46-15-7-2-8-16-46)53-35-25-44(26-36-53)22-21-43-23-27-47(28-24-43)50-33-41-54(42-34-50)57(51-17-9-3-10-18-51)52-19-11-4-12-20-52/h1-42H/b22-21-. The van der Waals surface area contributed by atoms with Gasteiger partial charge in [0.05, 0.1) is 0 Å². The van der Waals surface area contributed by atoms with E-state index in [-0.39, 0.29) is 0 Å². The van der Waals surface area contributed by atoms with Crippen molar-refractivity contribution in [2.45, 2.75) is 0 Å². The van der Waals surface area contributed by atoms with Crippen molar-refractivity contribution in [2.75, 3.05) is 9.80 Å². The number of anilines is 6. The Morgan fingerprint density at radius 1 is 0.190 bits per heavy atom. The van der Waals surface area contributed by atoms with Gasteiger partial charge in [0.25, 0.3) is 0 Å². The van der Waals surface area contributed by atoms with E-state index in [2.05, 4.69) is 265 Å². The molecule has 2 nitrogen and oxygen atoms in total. The molecule has 9 aromatic carbocycles. The SMILES string of the molecule is C(=C/c1ccc(N(c2ccc(-c3ccccc3)cc2)c2ccc(-c3ccccc3)cc2)cc1)/c1ccc(-c2ccc(N(c3ccccc3)c3ccccc3)cc2)cc1. The molecule has 0 saturated heterocycles. The largest absolute Gasteiger partial charge is 0.311 e. The maximum absolute atomic E-state index is 2.32. The van der Waals surface area contributed by atoms with Crippen LogP contribution in [0.4, 0.5) is 34.1 Å². The van der Waals surface area contributed by atoms with E-state index in [1.165, 1.54) is 33.4 Å². The maximum atomic E-state index is 2.32. The number of hydrogen-bond donors (Lipinski definition) is 0. The third-order valence-electron chi connectivity index (χ3n) is 10.5. The van der Waals surface area contributed by atoms with E-state index in [0.717, 1.165) is 45.3 Å². The summed E-state index contributed by atoms with van der Waals surface area (Å²) in [6.07, 6.45) is 4.37. The fraction of sp³-hybridized carbons (Fsp3) is 0. The normalized spacial score (nSPS) is 11.0. The summed E-state index contributed by atoms with van der Waals surface area (Å²) in [4.78, 5) is 4.61. The van der Waals surface area contributed by atoms with Gasteiger partial charge in [0.1, 0.15) is 0 Å². The van der Waals surface area contributed by atoms with Gasteiger partial charge in [-0.05, 0) is 117 Å². The minimum Gasteiger partial charge on any atom is -0.311 e. The van der Waals surface area contributed by atoms with Crippen molar-refractivity contribution < 1.29 is 0 Å². The molecule has 0 aliphatic heterocycles. The van der Waals surface area contributed by atoms with Crippen LogP contribution >= 0.6 is 0 Å². The Balaban J connectivity index is 0.927. The maximum Gasteiger partial charge on any atom is 0.0462 e. The summed E-state index contributed by atoms with van der Waals surface area (Å²) < 4.78 is 0. The van der Waals surface area contributed by atoms with Crippen molar-refractivity contribution in [1.82, 2.24) is 0 Å². The van der Waals surface area contributed by atoms with Gasteiger partial charge in [-0.25, -0.2) is 0 Å². The van der Waals surface area contributed by atoms with E-state index in [0.29, 0.717) is 0 Å². The van der Waals surface area contributed by atoms with E-state index in [1.807, 2.05) is 0 Å². The Morgan fingerprint density at radius 2 is 0.397 bits per heavy atom. The molecule has 0 saturated carbocycles. The van der Waals surface area contributed by atoms with Crippen molar-refractivity contribution in [3.05, 3.63) is 254 Å². The van der Waals surface area contributed by atoms with Crippen LogP contribution in [-0.4, -0.2) is 0 Å². The van der Waals surface area contributed by atoms with Gasteiger partial charge in [-0.1, -0.05) is 182 Å². The first-order valence-corrected chi connectivity index (χ1v) is 19.8. The lowest BCUT2D eigenvalue weighted by molar-refractivity contribution is 1.28. The van der Waals surface area contributed by atoms with Gasteiger partial charge in [-0.3, -0.25) is 0 Å². The van der Waals surface area contributed by atoms with Crippen molar-refractivity contribution in [3.8, 4) is 33.4 Å². The Morgan fingerprint density at radius 3 is 0.707 bits per heavy atom. The summed E-state index contributed by atoms with van der Waals surface area (Å²) in [5, 5.41) is 0. The van der Waals surface area contributed by atoms with E-state index in [1.54, 1.807) is 0 Å². The Kier molecular flexibility index (Phi) is 10.5. The molecular formula is C56H42N2. The van der Waals surface area contributed by atoms with Crippen LogP contribution in [0, 0.1) is 0 Å². The van der Waals surface area contributed by atoms with Gasteiger partial charge in [-0.2, -0.15) is 0 Å². The third-order valence-corrected chi connectivity index (χ3v) is 10.5. The van der Waals surface area contributed by atoms with E-state index >= 15 is 0 Å². The summed E-state index contributed by atoms with van der Waals surface area (Å²) in [5.41, 5.74) is 16.2. The van der Waals surface area contributed by atoms with Crippen molar-refractivity contribution >= 4 is 46.3 Å². The molecule has 9 aromatic rings. The molecule has 0 heterocycles. The van der Waals surface area contributed by atoms with Gasteiger partial charge >= 0.3 is 0 Å². The molecule has 0 spiro atoms. The predicted octanol–water partition coefficient (Wildman–Crippen LogP) is 15.8. The molecule has 0 atom stereocenters. The second-order valence-electron chi connectivity index (χ2n) is 14.3. The van der Waals surface area contributed by atoms with Gasteiger partial charge in [0, 0.05) is 34.1 Å². The molecule has 2 heteroatoms. The van der Waals surface area contributed by atoms with Crippen LogP contribution in [0.3, 0.4) is 0 Å². The molecule has 0 unspecified atom stereocenters. The number of benzene rings is 9. The number of para-hydroxylation sites is 2. The van der Waals surface area contributed by atoms with Crippen LogP contribution in [0.15, 0.2) is 243 Å². The van der Waals surface area contributed by atoms with Gasteiger partial charge < -0.3 is 9.80 Å². The minimum absolute atomic E-state index is 1.10. The van der Waals surface area contributed by atoms with Crippen LogP contribution < -0.4 is 9.80 Å². The van der Waals surface area contributed by atoms with Gasteiger partial charge in [0.2, 0.25) is 0 Å². The fourth-order valence-electron chi connectivity index (χ4n) is 7.43. The summed E-state index contributed by atoms with van der Waals surface area (Å²) in [7, 11) is 0. The minimum atomic E-state index is 1.10. The summed E-state index contributed by atoms with van der Waals surface area (Å²) in [6.45, 7) is 0. The first-order valence-electron chi connectivity index (χ1n) is 19.8. The molecule has 0 N–H and O–H groups in total. The second-order valence-corrected chi connectivity index (χ2v) is 14.3. The summed E-state index contributed by atoms with van der Waals surface area (Å²) >= 11 is 0. The Hall–Kier alpha value is -7.68. The first kappa shape index (κ1) is 36.0. The Labute approximate surface area is 341 Å². The second kappa shape index (κ2) is 17.0. The van der Waals surface area contributed by atoms with Crippen molar-refractivity contribution in [1.29, 1.82) is 0 Å². The average molecular weight is 743 g/mol. The summed E-state index contributed by atoms with van der Waals surface area (Å²) in [5.74, 6) is 0. The number of nitrogens with zero attached hydrogens (tertiary/aromatic N) is 2. The molecule has 9 rings (SSSR count). The van der Waals surface area contributed by atoms with Crippen LogP contribution in [0.25, 0.3) is 45.5 Å². The fourth-order valence-corrected chi connectivity index (χ4v) is 7.43. The molecule has 0 fully saturated rings. The third kappa shape index (κ3) is 8.14. The molecular weight excluding hydrogens is 701 g/mol. The molecule has 0 aliphatic carbocycles. The van der Waals surface area contributed by atoms with Crippen molar-refractivity contribution in [3.63, 3.8) is 0 Å². The number of hydrogen-bond acceptors (Lipinski definition) is 2.